The summed E-state index contributed by atoms with van der Waals surface area (Å²) >= 11 is 5.63. The Balaban J connectivity index is 1.51. The Kier molecular flexibility index (Phi) is 5.86. The highest BCUT2D eigenvalue weighted by Crippen LogP contribution is 2.33. The van der Waals surface area contributed by atoms with E-state index >= 15 is 0 Å². The van der Waals surface area contributed by atoms with E-state index in [2.05, 4.69) is 41.5 Å². The zero-order chi connectivity index (χ0) is 16.1. The average molecular weight is 335 g/mol. The van der Waals surface area contributed by atoms with Crippen molar-refractivity contribution in [2.45, 2.75) is 25.3 Å². The fourth-order valence-electron chi connectivity index (χ4n) is 3.65. The minimum atomic E-state index is 0.413. The number of nitrogens with one attached hydrogen (secondary N) is 2. The van der Waals surface area contributed by atoms with Crippen LogP contribution in [0, 0.1) is 0 Å². The molecule has 4 nitrogen and oxygen atoms in total. The van der Waals surface area contributed by atoms with Gasteiger partial charge in [0.15, 0.2) is 5.11 Å². The van der Waals surface area contributed by atoms with Gasteiger partial charge < -0.3 is 19.9 Å². The van der Waals surface area contributed by atoms with Crippen LogP contribution in [0.3, 0.4) is 0 Å². The quantitative estimate of drug-likeness (QED) is 0.797. The third kappa shape index (κ3) is 4.22. The Morgan fingerprint density at radius 1 is 1.35 bits per heavy atom. The first kappa shape index (κ1) is 16.7. The molecule has 1 aliphatic carbocycles. The third-order valence-electron chi connectivity index (χ3n) is 5.08. The van der Waals surface area contributed by atoms with Crippen molar-refractivity contribution in [3.8, 4) is 0 Å². The van der Waals surface area contributed by atoms with E-state index < -0.39 is 0 Å². The van der Waals surface area contributed by atoms with Gasteiger partial charge in [0.05, 0.1) is 32.3 Å². The highest BCUT2D eigenvalue weighted by Gasteiger charge is 2.25. The van der Waals surface area contributed by atoms with Gasteiger partial charge in [-0.25, -0.2) is 0 Å². The third-order valence-corrected chi connectivity index (χ3v) is 5.51. The highest BCUT2D eigenvalue weighted by molar-refractivity contribution is 7.80. The van der Waals surface area contributed by atoms with Crippen molar-refractivity contribution >= 4 is 17.3 Å². The first-order valence-corrected chi connectivity index (χ1v) is 9.16. The molecule has 0 bridgehead atoms. The summed E-state index contributed by atoms with van der Waals surface area (Å²) in [6.45, 7) is 6.04. The van der Waals surface area contributed by atoms with Crippen molar-refractivity contribution in [1.82, 2.24) is 10.2 Å². The van der Waals surface area contributed by atoms with Crippen LogP contribution < -0.4 is 10.2 Å². The number of aryl methyl sites for hydroxylation is 1. The van der Waals surface area contributed by atoms with Gasteiger partial charge in [0.1, 0.15) is 13.1 Å². The van der Waals surface area contributed by atoms with Gasteiger partial charge in [-0.15, -0.1) is 0 Å². The molecule has 1 aromatic rings. The molecule has 0 spiro atoms. The Morgan fingerprint density at radius 2 is 2.13 bits per heavy atom. The smallest absolute Gasteiger partial charge is 0.169 e. The zero-order valence-electron chi connectivity index (χ0n) is 14.0. The van der Waals surface area contributed by atoms with Gasteiger partial charge in [-0.2, -0.15) is 0 Å². The van der Waals surface area contributed by atoms with Crippen LogP contribution >= 0.6 is 12.2 Å². The van der Waals surface area contributed by atoms with E-state index in [9.17, 15) is 0 Å². The molecule has 23 heavy (non-hydrogen) atoms. The van der Waals surface area contributed by atoms with Gasteiger partial charge in [0.2, 0.25) is 0 Å². The predicted molar refractivity (Wildman–Crippen MR) is 96.9 cm³/mol. The lowest BCUT2D eigenvalue weighted by atomic mass is 9.87. The number of thiocarbonyl (C=S) groups is 1. The van der Waals surface area contributed by atoms with Crippen LogP contribution in [0.1, 0.15) is 30.0 Å². The van der Waals surface area contributed by atoms with Crippen LogP contribution in [-0.2, 0) is 11.2 Å². The lowest BCUT2D eigenvalue weighted by Crippen LogP contribution is -3.14. The largest absolute Gasteiger partial charge is 0.370 e. The molecule has 1 fully saturated rings. The summed E-state index contributed by atoms with van der Waals surface area (Å²) in [6.07, 6.45) is 3.62. The minimum absolute atomic E-state index is 0.413. The van der Waals surface area contributed by atoms with Gasteiger partial charge in [-0.1, -0.05) is 24.3 Å². The zero-order valence-corrected chi connectivity index (χ0v) is 14.8. The summed E-state index contributed by atoms with van der Waals surface area (Å²) in [5.74, 6) is 0. The summed E-state index contributed by atoms with van der Waals surface area (Å²) in [6, 6.07) is 9.21. The lowest BCUT2D eigenvalue weighted by molar-refractivity contribution is -0.906. The Hall–Kier alpha value is -1.17. The topological polar surface area (TPSA) is 28.9 Å². The number of quaternary nitrogens is 1. The second-order valence-corrected chi connectivity index (χ2v) is 6.95. The summed E-state index contributed by atoms with van der Waals surface area (Å²) in [7, 11) is 2.13. The predicted octanol–water partition coefficient (Wildman–Crippen LogP) is 0.785. The molecule has 126 valence electrons. The molecule has 1 heterocycles. The first-order chi connectivity index (χ1) is 11.3. The molecule has 1 saturated heterocycles. The Morgan fingerprint density at radius 3 is 2.96 bits per heavy atom. The number of hydrogen-bond donors (Lipinski definition) is 2. The minimum Gasteiger partial charge on any atom is -0.370 e. The van der Waals surface area contributed by atoms with Gasteiger partial charge in [0, 0.05) is 7.05 Å². The Labute approximate surface area is 144 Å². The molecular weight excluding hydrogens is 306 g/mol. The molecule has 1 aliphatic heterocycles. The number of fused-ring (bicyclic) bond motifs is 1. The number of rotatable bonds is 4. The molecule has 0 unspecified atom stereocenters. The number of ether oxygens (including phenoxy) is 1. The van der Waals surface area contributed by atoms with Crippen LogP contribution in [0.2, 0.25) is 0 Å². The molecule has 0 saturated carbocycles. The van der Waals surface area contributed by atoms with E-state index in [0.29, 0.717) is 6.04 Å². The molecule has 0 amide bonds. The fraction of sp³-hybridized carbons (Fsp3) is 0.611. The summed E-state index contributed by atoms with van der Waals surface area (Å²) in [5, 5.41) is 4.33. The average Bonchev–Trinajstić information content (AvgIpc) is 2.61. The second-order valence-electron chi connectivity index (χ2n) is 6.56. The first-order valence-electron chi connectivity index (χ1n) is 8.75. The van der Waals surface area contributed by atoms with E-state index in [1.807, 2.05) is 0 Å². The molecule has 1 aromatic carbocycles. The highest BCUT2D eigenvalue weighted by atomic mass is 32.1. The van der Waals surface area contributed by atoms with Gasteiger partial charge >= 0.3 is 0 Å². The van der Waals surface area contributed by atoms with Crippen molar-refractivity contribution in [2.75, 3.05) is 46.4 Å². The van der Waals surface area contributed by atoms with Crippen molar-refractivity contribution in [3.63, 3.8) is 0 Å². The van der Waals surface area contributed by atoms with Crippen LogP contribution in [-0.4, -0.2) is 56.5 Å². The van der Waals surface area contributed by atoms with E-state index in [-0.39, 0.29) is 0 Å². The number of hydrogen-bond acceptors (Lipinski definition) is 2. The van der Waals surface area contributed by atoms with Crippen LogP contribution in [0.4, 0.5) is 0 Å². The maximum atomic E-state index is 5.63. The number of nitrogens with zero attached hydrogens (tertiary/aromatic N) is 1. The summed E-state index contributed by atoms with van der Waals surface area (Å²) in [4.78, 5) is 3.86. The molecule has 2 aliphatic rings. The van der Waals surface area contributed by atoms with Crippen molar-refractivity contribution in [3.05, 3.63) is 35.4 Å². The maximum Gasteiger partial charge on any atom is 0.169 e. The number of morpholine rings is 1. The standard InChI is InChI=1S/C18H27N3OS/c1-20(17-8-4-6-15-5-2-3-7-16(15)17)18(23)19-9-10-21-11-13-22-14-12-21/h2-3,5,7,17H,4,6,8-14H2,1H3,(H,19,23)/p+1/t17-/m1/s1. The molecule has 5 heteroatoms. The van der Waals surface area contributed by atoms with E-state index in [4.69, 9.17) is 17.0 Å². The van der Waals surface area contributed by atoms with Gasteiger partial charge in [0.25, 0.3) is 0 Å². The molecular formula is C18H28N3OS+. The van der Waals surface area contributed by atoms with Crippen molar-refractivity contribution in [2.24, 2.45) is 0 Å². The second kappa shape index (κ2) is 8.08. The van der Waals surface area contributed by atoms with Crippen LogP contribution in [0.15, 0.2) is 24.3 Å². The fourth-order valence-corrected chi connectivity index (χ4v) is 3.88. The Bertz CT molecular complexity index is 531. The monoisotopic (exact) mass is 334 g/mol. The summed E-state index contributed by atoms with van der Waals surface area (Å²) < 4.78 is 5.40. The molecule has 1 atom stereocenters. The van der Waals surface area contributed by atoms with E-state index in [1.165, 1.54) is 30.4 Å². The number of benzene rings is 1. The van der Waals surface area contributed by atoms with Gasteiger partial charge in [-0.05, 0) is 42.6 Å². The van der Waals surface area contributed by atoms with E-state index in [1.54, 1.807) is 4.90 Å². The van der Waals surface area contributed by atoms with Crippen molar-refractivity contribution < 1.29 is 9.64 Å². The van der Waals surface area contributed by atoms with E-state index in [0.717, 1.165) is 44.5 Å². The normalized spacial score (nSPS) is 21.5. The molecule has 3 rings (SSSR count). The molecule has 0 aromatic heterocycles. The van der Waals surface area contributed by atoms with Crippen LogP contribution in [0.25, 0.3) is 0 Å². The van der Waals surface area contributed by atoms with Crippen LogP contribution in [0.5, 0.6) is 0 Å². The van der Waals surface area contributed by atoms with Crippen molar-refractivity contribution in [1.29, 1.82) is 0 Å². The summed E-state index contributed by atoms with van der Waals surface area (Å²) in [5.41, 5.74) is 2.93. The lowest BCUT2D eigenvalue weighted by Gasteiger charge is -2.35. The molecule has 2 N–H and O–H groups in total. The maximum absolute atomic E-state index is 5.63. The van der Waals surface area contributed by atoms with Gasteiger partial charge in [-0.3, -0.25) is 0 Å². The SMILES string of the molecule is CN(C(=S)NCC[NH+]1CCOCC1)[C@@H]1CCCc2ccccc21. The molecule has 0 radical (unpaired) electrons.